The Morgan fingerprint density at radius 1 is 0.765 bits per heavy atom. The highest BCUT2D eigenvalue weighted by molar-refractivity contribution is 6.13. The van der Waals surface area contributed by atoms with Gasteiger partial charge in [0.05, 0.1) is 30.6 Å². The highest BCUT2D eigenvalue weighted by atomic mass is 16.5. The molecule has 0 aliphatic rings. The highest BCUT2D eigenvalue weighted by Gasteiger charge is 2.08. The number of hydrogen-bond donors (Lipinski definition) is 0. The molecule has 0 saturated carbocycles. The van der Waals surface area contributed by atoms with Crippen molar-refractivity contribution in [3.63, 3.8) is 0 Å². The molecule has 0 atom stereocenters. The van der Waals surface area contributed by atoms with Crippen LogP contribution >= 0.6 is 0 Å². The van der Waals surface area contributed by atoms with E-state index in [-0.39, 0.29) is 0 Å². The van der Waals surface area contributed by atoms with E-state index in [2.05, 4.69) is 85.8 Å². The Morgan fingerprint density at radius 2 is 1.44 bits per heavy atom. The summed E-state index contributed by atoms with van der Waals surface area (Å²) in [6.07, 6.45) is 0. The third-order valence-electron chi connectivity index (χ3n) is 5.93. The fraction of sp³-hybridized carbons (Fsp3) is 0.0968. The lowest BCUT2D eigenvalue weighted by atomic mass is 10.0. The predicted molar refractivity (Wildman–Crippen MR) is 141 cm³/mol. The van der Waals surface area contributed by atoms with E-state index in [1.807, 2.05) is 30.3 Å². The van der Waals surface area contributed by atoms with Gasteiger partial charge in [-0.2, -0.15) is 0 Å². The van der Waals surface area contributed by atoms with E-state index in [4.69, 9.17) is 14.7 Å². The van der Waals surface area contributed by atoms with Gasteiger partial charge in [-0.3, -0.25) is 4.99 Å². The smallest absolute Gasteiger partial charge is 0.118 e. The van der Waals surface area contributed by atoms with Gasteiger partial charge < -0.3 is 4.74 Å². The van der Waals surface area contributed by atoms with Crippen LogP contribution in [0.5, 0.6) is 5.75 Å². The van der Waals surface area contributed by atoms with Crippen LogP contribution in [0.4, 0.5) is 0 Å². The molecular weight excluding hydrogens is 416 g/mol. The molecule has 5 rings (SSSR count). The molecule has 3 nitrogen and oxygen atoms in total. The van der Waals surface area contributed by atoms with Gasteiger partial charge in [-0.1, -0.05) is 78.4 Å². The number of aromatic nitrogens is 1. The van der Waals surface area contributed by atoms with E-state index in [0.717, 1.165) is 50.3 Å². The first-order valence-electron chi connectivity index (χ1n) is 11.4. The molecule has 0 aliphatic heterocycles. The summed E-state index contributed by atoms with van der Waals surface area (Å²) in [5, 5.41) is 1.13. The van der Waals surface area contributed by atoms with Crippen LogP contribution in [0.2, 0.25) is 0 Å². The van der Waals surface area contributed by atoms with Gasteiger partial charge in [-0.05, 0) is 48.9 Å². The molecule has 0 amide bonds. The quantitative estimate of drug-likeness (QED) is 0.259. The third kappa shape index (κ3) is 4.74. The first-order valence-corrected chi connectivity index (χ1v) is 11.4. The van der Waals surface area contributed by atoms with Crippen molar-refractivity contribution in [3.05, 3.63) is 131 Å². The van der Waals surface area contributed by atoms with Crippen LogP contribution in [0.1, 0.15) is 22.3 Å². The van der Waals surface area contributed by atoms with Crippen LogP contribution in [-0.2, 0) is 6.54 Å². The summed E-state index contributed by atoms with van der Waals surface area (Å²) >= 11 is 0. The van der Waals surface area contributed by atoms with Crippen LogP contribution < -0.4 is 4.74 Å². The summed E-state index contributed by atoms with van der Waals surface area (Å²) in [6.45, 7) is 2.67. The Hall–Kier alpha value is -4.24. The zero-order valence-electron chi connectivity index (χ0n) is 19.4. The lowest BCUT2D eigenvalue weighted by Crippen LogP contribution is -2.04. The average molecular weight is 443 g/mol. The van der Waals surface area contributed by atoms with Crippen LogP contribution in [-0.4, -0.2) is 17.8 Å². The first kappa shape index (κ1) is 21.6. The molecule has 1 aromatic heterocycles. The second-order valence-electron chi connectivity index (χ2n) is 8.35. The number of methoxy groups -OCH3 is 1. The second-order valence-corrected chi connectivity index (χ2v) is 8.35. The van der Waals surface area contributed by atoms with Crippen molar-refractivity contribution in [2.75, 3.05) is 7.11 Å². The van der Waals surface area contributed by atoms with Crippen LogP contribution in [0.25, 0.3) is 22.2 Å². The van der Waals surface area contributed by atoms with Crippen molar-refractivity contribution < 1.29 is 4.74 Å². The zero-order chi connectivity index (χ0) is 23.3. The largest absolute Gasteiger partial charge is 0.497 e. The summed E-state index contributed by atoms with van der Waals surface area (Å²) < 4.78 is 5.34. The Bertz CT molecular complexity index is 1440. The van der Waals surface area contributed by atoms with Crippen molar-refractivity contribution in [2.45, 2.75) is 13.5 Å². The molecule has 1 heterocycles. The molecule has 34 heavy (non-hydrogen) atoms. The number of pyridine rings is 1. The molecule has 0 spiro atoms. The summed E-state index contributed by atoms with van der Waals surface area (Å²) in [6, 6.07) is 37.5. The molecule has 0 aliphatic carbocycles. The van der Waals surface area contributed by atoms with Gasteiger partial charge >= 0.3 is 0 Å². The Balaban J connectivity index is 1.50. The Kier molecular flexibility index (Phi) is 6.17. The number of benzene rings is 4. The van der Waals surface area contributed by atoms with Crippen molar-refractivity contribution in [2.24, 2.45) is 4.99 Å². The number of nitrogens with zero attached hydrogens (tertiary/aromatic N) is 2. The van der Waals surface area contributed by atoms with Crippen LogP contribution in [0.3, 0.4) is 0 Å². The number of rotatable bonds is 6. The topological polar surface area (TPSA) is 34.5 Å². The van der Waals surface area contributed by atoms with Gasteiger partial charge in [-0.15, -0.1) is 0 Å². The molecule has 5 aromatic rings. The second kappa shape index (κ2) is 9.72. The molecule has 166 valence electrons. The zero-order valence-corrected chi connectivity index (χ0v) is 19.4. The maximum Gasteiger partial charge on any atom is 0.118 e. The van der Waals surface area contributed by atoms with E-state index < -0.39 is 0 Å². The van der Waals surface area contributed by atoms with Crippen molar-refractivity contribution in [1.82, 2.24) is 4.98 Å². The van der Waals surface area contributed by atoms with E-state index in [1.165, 1.54) is 5.56 Å². The minimum atomic E-state index is 0.572. The average Bonchev–Trinajstić information content (AvgIpc) is 2.90. The minimum absolute atomic E-state index is 0.572. The summed E-state index contributed by atoms with van der Waals surface area (Å²) in [7, 11) is 1.68. The maximum absolute atomic E-state index is 5.34. The monoisotopic (exact) mass is 442 g/mol. The number of hydrogen-bond acceptors (Lipinski definition) is 3. The summed E-state index contributed by atoms with van der Waals surface area (Å²) in [5.74, 6) is 0.835. The fourth-order valence-corrected chi connectivity index (χ4v) is 4.01. The highest BCUT2D eigenvalue weighted by Crippen LogP contribution is 2.23. The molecule has 3 heteroatoms. The Labute approximate surface area is 200 Å². The van der Waals surface area contributed by atoms with Gasteiger partial charge in [0.1, 0.15) is 5.75 Å². The van der Waals surface area contributed by atoms with Gasteiger partial charge in [0.25, 0.3) is 0 Å². The van der Waals surface area contributed by atoms with Gasteiger partial charge in [0.2, 0.25) is 0 Å². The fourth-order valence-electron chi connectivity index (χ4n) is 4.01. The number of ether oxygens (including phenoxy) is 1. The standard InChI is InChI=1S/C31H26N2O/c1-22-8-11-26(12-9-22)31(27-14-17-28(34-2)18-15-27)32-21-23-10-13-25-16-19-29(33-30(25)20-23)24-6-4-3-5-7-24/h3-20H,21H2,1-2H3. The lowest BCUT2D eigenvalue weighted by molar-refractivity contribution is 0.415. The molecule has 0 unspecified atom stereocenters. The lowest BCUT2D eigenvalue weighted by Gasteiger charge is -2.10. The van der Waals surface area contributed by atoms with Crippen molar-refractivity contribution in [1.29, 1.82) is 0 Å². The van der Waals surface area contributed by atoms with Gasteiger partial charge in [-0.25, -0.2) is 4.98 Å². The molecule has 0 radical (unpaired) electrons. The van der Waals surface area contributed by atoms with Gasteiger partial charge in [0, 0.05) is 22.1 Å². The Morgan fingerprint density at radius 3 is 2.15 bits per heavy atom. The molecule has 0 N–H and O–H groups in total. The van der Waals surface area contributed by atoms with E-state index in [9.17, 15) is 0 Å². The predicted octanol–water partition coefficient (Wildman–Crippen LogP) is 7.26. The van der Waals surface area contributed by atoms with Gasteiger partial charge in [0.15, 0.2) is 0 Å². The number of aliphatic imine (C=N–C) groups is 1. The van der Waals surface area contributed by atoms with Crippen LogP contribution in [0, 0.1) is 6.92 Å². The normalized spacial score (nSPS) is 11.5. The molecule has 0 fully saturated rings. The van der Waals surface area contributed by atoms with E-state index >= 15 is 0 Å². The molecule has 4 aromatic carbocycles. The maximum atomic E-state index is 5.34. The first-order chi connectivity index (χ1) is 16.7. The SMILES string of the molecule is COc1ccc(C(=NCc2ccc3ccc(-c4ccccc4)nc3c2)c2ccc(C)cc2)cc1. The molecular formula is C31H26N2O. The third-order valence-corrected chi connectivity index (χ3v) is 5.93. The minimum Gasteiger partial charge on any atom is -0.497 e. The number of fused-ring (bicyclic) bond motifs is 1. The van der Waals surface area contributed by atoms with Crippen LogP contribution in [0.15, 0.2) is 114 Å². The summed E-state index contributed by atoms with van der Waals surface area (Å²) in [4.78, 5) is 9.97. The molecule has 0 saturated heterocycles. The van der Waals surface area contributed by atoms with Crippen molar-refractivity contribution in [3.8, 4) is 17.0 Å². The van der Waals surface area contributed by atoms with Crippen molar-refractivity contribution >= 4 is 16.6 Å². The molecule has 0 bridgehead atoms. The number of aryl methyl sites for hydroxylation is 1. The van der Waals surface area contributed by atoms with E-state index in [0.29, 0.717) is 6.54 Å². The van der Waals surface area contributed by atoms with E-state index in [1.54, 1.807) is 7.11 Å². The summed E-state index contributed by atoms with van der Waals surface area (Å²) in [5.41, 5.74) is 8.57.